The van der Waals surface area contributed by atoms with E-state index < -0.39 is 0 Å². The van der Waals surface area contributed by atoms with Crippen LogP contribution in [-0.4, -0.2) is 53.1 Å². The third kappa shape index (κ3) is 3.02. The summed E-state index contributed by atoms with van der Waals surface area (Å²) in [5.41, 5.74) is 8.35. The first kappa shape index (κ1) is 16.5. The van der Waals surface area contributed by atoms with Crippen molar-refractivity contribution in [1.29, 1.82) is 0 Å². The number of aryl methyl sites for hydroxylation is 1. The molecular formula is C18H24N6S. The van der Waals surface area contributed by atoms with Crippen LogP contribution in [0.3, 0.4) is 0 Å². The van der Waals surface area contributed by atoms with Crippen molar-refractivity contribution in [2.24, 2.45) is 0 Å². The summed E-state index contributed by atoms with van der Waals surface area (Å²) in [7, 11) is 2.19. The van der Waals surface area contributed by atoms with Crippen LogP contribution in [0.25, 0.3) is 20.4 Å². The van der Waals surface area contributed by atoms with E-state index in [2.05, 4.69) is 39.8 Å². The zero-order valence-corrected chi connectivity index (χ0v) is 15.6. The molecule has 4 heterocycles. The van der Waals surface area contributed by atoms with Crippen LogP contribution < -0.4 is 10.6 Å². The minimum absolute atomic E-state index is 0.549. The molecule has 3 aromatic rings. The standard InChI is InChI=1S/C18H24N6S/c1-3-5-12-10-13(24-7-4-6-23(2)8-9-24)22-18-14(12)15-16(25-18)17(19)21-11-20-15/h10-11H,3-9H2,1-2H3,(H2,19,20,21). The molecule has 0 unspecified atom stereocenters. The van der Waals surface area contributed by atoms with Crippen molar-refractivity contribution in [3.8, 4) is 0 Å². The number of aromatic nitrogens is 3. The molecule has 3 aromatic heterocycles. The first-order valence-corrected chi connectivity index (χ1v) is 9.75. The number of likely N-dealkylation sites (N-methyl/N-ethyl adjacent to an activating group) is 1. The minimum Gasteiger partial charge on any atom is -0.382 e. The fraction of sp³-hybridized carbons (Fsp3) is 0.500. The summed E-state index contributed by atoms with van der Waals surface area (Å²) >= 11 is 1.61. The predicted octanol–water partition coefficient (Wildman–Crippen LogP) is 2.92. The molecule has 25 heavy (non-hydrogen) atoms. The molecule has 0 aliphatic carbocycles. The smallest absolute Gasteiger partial charge is 0.144 e. The van der Waals surface area contributed by atoms with Gasteiger partial charge in [0.1, 0.15) is 22.8 Å². The maximum Gasteiger partial charge on any atom is 0.144 e. The zero-order chi connectivity index (χ0) is 17.4. The SMILES string of the molecule is CCCc1cc(N2CCCN(C)CC2)nc2sc3c(N)ncnc3c12. The monoisotopic (exact) mass is 356 g/mol. The number of rotatable bonds is 3. The summed E-state index contributed by atoms with van der Waals surface area (Å²) in [5.74, 6) is 1.64. The molecule has 0 spiro atoms. The zero-order valence-electron chi connectivity index (χ0n) is 14.8. The molecule has 132 valence electrons. The van der Waals surface area contributed by atoms with Gasteiger partial charge in [0.2, 0.25) is 0 Å². The van der Waals surface area contributed by atoms with Crippen LogP contribution in [0, 0.1) is 0 Å². The Balaban J connectivity index is 1.86. The van der Waals surface area contributed by atoms with Gasteiger partial charge >= 0.3 is 0 Å². The lowest BCUT2D eigenvalue weighted by atomic mass is 10.1. The van der Waals surface area contributed by atoms with Gasteiger partial charge in [0.25, 0.3) is 0 Å². The number of hydrogen-bond donors (Lipinski definition) is 1. The van der Waals surface area contributed by atoms with Gasteiger partial charge in [0.15, 0.2) is 0 Å². The van der Waals surface area contributed by atoms with Crippen molar-refractivity contribution < 1.29 is 0 Å². The number of nitrogens with zero attached hydrogens (tertiary/aromatic N) is 5. The van der Waals surface area contributed by atoms with Gasteiger partial charge in [0.05, 0.1) is 10.2 Å². The van der Waals surface area contributed by atoms with Crippen LogP contribution >= 0.6 is 11.3 Å². The van der Waals surface area contributed by atoms with Crippen LogP contribution in [0.15, 0.2) is 12.4 Å². The van der Waals surface area contributed by atoms with Crippen molar-refractivity contribution in [3.05, 3.63) is 18.0 Å². The number of pyridine rings is 1. The lowest BCUT2D eigenvalue weighted by molar-refractivity contribution is 0.360. The highest BCUT2D eigenvalue weighted by molar-refractivity contribution is 7.26. The largest absolute Gasteiger partial charge is 0.382 e. The Bertz CT molecular complexity index is 905. The van der Waals surface area contributed by atoms with Crippen LogP contribution in [0.5, 0.6) is 0 Å². The van der Waals surface area contributed by atoms with Crippen LogP contribution in [0.1, 0.15) is 25.3 Å². The third-order valence-corrected chi connectivity index (χ3v) is 5.98. The number of nitrogen functional groups attached to an aromatic ring is 1. The lowest BCUT2D eigenvalue weighted by Crippen LogP contribution is -2.29. The van der Waals surface area contributed by atoms with Crippen molar-refractivity contribution in [2.45, 2.75) is 26.2 Å². The first-order chi connectivity index (χ1) is 12.2. The molecule has 1 aliphatic heterocycles. The number of thiophene rings is 1. The van der Waals surface area contributed by atoms with Gasteiger partial charge in [-0.1, -0.05) is 13.3 Å². The minimum atomic E-state index is 0.549. The van der Waals surface area contributed by atoms with Crippen molar-refractivity contribution in [3.63, 3.8) is 0 Å². The van der Waals surface area contributed by atoms with Crippen molar-refractivity contribution in [1.82, 2.24) is 19.9 Å². The fourth-order valence-electron chi connectivity index (χ4n) is 3.55. The average molecular weight is 356 g/mol. The molecule has 4 rings (SSSR count). The molecule has 7 heteroatoms. The van der Waals surface area contributed by atoms with E-state index in [1.165, 1.54) is 12.0 Å². The Morgan fingerprint density at radius 3 is 2.92 bits per heavy atom. The van der Waals surface area contributed by atoms with Gasteiger partial charge in [-0.3, -0.25) is 0 Å². The van der Waals surface area contributed by atoms with Crippen molar-refractivity contribution >= 4 is 43.4 Å². The van der Waals surface area contributed by atoms with Gasteiger partial charge in [0, 0.05) is 25.0 Å². The lowest BCUT2D eigenvalue weighted by Gasteiger charge is -2.22. The Morgan fingerprint density at radius 2 is 2.08 bits per heavy atom. The summed E-state index contributed by atoms with van der Waals surface area (Å²) < 4.78 is 0.954. The first-order valence-electron chi connectivity index (χ1n) is 8.93. The summed E-state index contributed by atoms with van der Waals surface area (Å²) in [4.78, 5) is 19.5. The highest BCUT2D eigenvalue weighted by Gasteiger charge is 2.19. The summed E-state index contributed by atoms with van der Waals surface area (Å²) in [5, 5.41) is 1.16. The summed E-state index contributed by atoms with van der Waals surface area (Å²) in [6, 6.07) is 2.27. The molecule has 0 aromatic carbocycles. The molecule has 1 aliphatic rings. The third-order valence-electron chi connectivity index (χ3n) is 4.88. The maximum absolute atomic E-state index is 6.08. The van der Waals surface area contributed by atoms with E-state index in [1.54, 1.807) is 17.7 Å². The van der Waals surface area contributed by atoms with E-state index in [0.717, 1.165) is 65.3 Å². The average Bonchev–Trinajstić information content (AvgIpc) is 2.84. The Labute approximate surface area is 151 Å². The molecule has 1 saturated heterocycles. The quantitative estimate of drug-likeness (QED) is 0.778. The van der Waals surface area contributed by atoms with E-state index in [4.69, 9.17) is 10.7 Å². The molecule has 1 fully saturated rings. The second-order valence-corrected chi connectivity index (χ2v) is 7.75. The second kappa shape index (κ2) is 6.72. The van der Waals surface area contributed by atoms with E-state index in [9.17, 15) is 0 Å². The van der Waals surface area contributed by atoms with Crippen LogP contribution in [0.4, 0.5) is 11.6 Å². The van der Waals surface area contributed by atoms with Crippen LogP contribution in [0.2, 0.25) is 0 Å². The Hall–Kier alpha value is -1.99. The van der Waals surface area contributed by atoms with E-state index in [0.29, 0.717) is 5.82 Å². The molecular weight excluding hydrogens is 332 g/mol. The molecule has 0 amide bonds. The number of fused-ring (bicyclic) bond motifs is 3. The van der Waals surface area contributed by atoms with Crippen molar-refractivity contribution in [2.75, 3.05) is 43.9 Å². The van der Waals surface area contributed by atoms with Gasteiger partial charge < -0.3 is 15.5 Å². The van der Waals surface area contributed by atoms with E-state index >= 15 is 0 Å². The molecule has 0 saturated carbocycles. The molecule has 6 nitrogen and oxygen atoms in total. The van der Waals surface area contributed by atoms with E-state index in [-0.39, 0.29) is 0 Å². The molecule has 0 bridgehead atoms. The molecule has 2 N–H and O–H groups in total. The van der Waals surface area contributed by atoms with Gasteiger partial charge in [-0.2, -0.15) is 0 Å². The molecule has 0 atom stereocenters. The topological polar surface area (TPSA) is 71.2 Å². The normalized spacial score (nSPS) is 16.6. The summed E-state index contributed by atoms with van der Waals surface area (Å²) in [6.07, 6.45) is 4.84. The second-order valence-electron chi connectivity index (χ2n) is 6.75. The molecule has 0 radical (unpaired) electrons. The highest BCUT2D eigenvalue weighted by Crippen LogP contribution is 2.37. The number of anilines is 2. The van der Waals surface area contributed by atoms with E-state index in [1.807, 2.05) is 0 Å². The highest BCUT2D eigenvalue weighted by atomic mass is 32.1. The Kier molecular flexibility index (Phi) is 4.43. The maximum atomic E-state index is 6.08. The van der Waals surface area contributed by atoms with Gasteiger partial charge in [-0.15, -0.1) is 11.3 Å². The fourth-order valence-corrected chi connectivity index (χ4v) is 4.62. The number of hydrogen-bond acceptors (Lipinski definition) is 7. The Morgan fingerprint density at radius 1 is 1.20 bits per heavy atom. The predicted molar refractivity (Wildman–Crippen MR) is 105 cm³/mol. The van der Waals surface area contributed by atoms with Gasteiger partial charge in [-0.05, 0) is 38.1 Å². The van der Waals surface area contributed by atoms with Gasteiger partial charge in [-0.25, -0.2) is 15.0 Å². The number of nitrogens with two attached hydrogens (primary N) is 1. The van der Waals surface area contributed by atoms with Crippen LogP contribution in [-0.2, 0) is 6.42 Å². The summed E-state index contributed by atoms with van der Waals surface area (Å²) in [6.45, 7) is 6.52.